The van der Waals surface area contributed by atoms with Gasteiger partial charge in [0.2, 0.25) is 5.91 Å². The Morgan fingerprint density at radius 2 is 1.70 bits per heavy atom. The quantitative estimate of drug-likeness (QED) is 0.355. The predicted molar refractivity (Wildman–Crippen MR) is 133 cm³/mol. The van der Waals surface area contributed by atoms with Gasteiger partial charge in [-0.25, -0.2) is 0 Å². The van der Waals surface area contributed by atoms with E-state index in [1.165, 1.54) is 28.5 Å². The Labute approximate surface area is 202 Å². The van der Waals surface area contributed by atoms with Gasteiger partial charge in [0.25, 0.3) is 0 Å². The normalized spacial score (nSPS) is 13.1. The van der Waals surface area contributed by atoms with E-state index in [1.807, 2.05) is 51.9 Å². The largest absolute Gasteiger partial charge is 0.337 e. The van der Waals surface area contributed by atoms with E-state index < -0.39 is 0 Å². The van der Waals surface area contributed by atoms with Gasteiger partial charge in [0.1, 0.15) is 0 Å². The second-order valence-electron chi connectivity index (χ2n) is 8.11. The Balaban J connectivity index is 1.39. The van der Waals surface area contributed by atoms with Gasteiger partial charge in [-0.2, -0.15) is 0 Å². The second kappa shape index (κ2) is 9.41. The fraction of sp³-hybridized carbons (Fsp3) is 0.192. The standard InChI is InChI=1S/C26H23ClN4OS/c1-18-6-12-23(13-7-18)31-25(20-8-10-22(27)11-9-20)28-29-26(31)33-17-24(32)30-15-14-19-4-2-3-5-21(19)16-30/h2-13H,14-17H2,1H3. The van der Waals surface area contributed by atoms with Crippen molar-refractivity contribution >= 4 is 29.3 Å². The molecule has 0 spiro atoms. The molecule has 1 aliphatic rings. The van der Waals surface area contributed by atoms with Crippen LogP contribution in [0, 0.1) is 6.92 Å². The summed E-state index contributed by atoms with van der Waals surface area (Å²) < 4.78 is 2.01. The lowest BCUT2D eigenvalue weighted by Crippen LogP contribution is -2.37. The van der Waals surface area contributed by atoms with Crippen LogP contribution in [0.4, 0.5) is 0 Å². The second-order valence-corrected chi connectivity index (χ2v) is 9.49. The molecule has 5 nitrogen and oxygen atoms in total. The van der Waals surface area contributed by atoms with Crippen molar-refractivity contribution in [1.29, 1.82) is 0 Å². The van der Waals surface area contributed by atoms with Crippen LogP contribution >= 0.6 is 23.4 Å². The molecule has 33 heavy (non-hydrogen) atoms. The minimum atomic E-state index is 0.112. The lowest BCUT2D eigenvalue weighted by atomic mass is 10.00. The fourth-order valence-electron chi connectivity index (χ4n) is 4.00. The van der Waals surface area contributed by atoms with E-state index >= 15 is 0 Å². The van der Waals surface area contributed by atoms with Crippen LogP contribution in [0.25, 0.3) is 17.1 Å². The number of nitrogens with zero attached hydrogens (tertiary/aromatic N) is 4. The van der Waals surface area contributed by atoms with Crippen molar-refractivity contribution in [2.75, 3.05) is 12.3 Å². The lowest BCUT2D eigenvalue weighted by Gasteiger charge is -2.28. The van der Waals surface area contributed by atoms with Gasteiger partial charge < -0.3 is 4.90 Å². The van der Waals surface area contributed by atoms with Crippen LogP contribution in [0.15, 0.2) is 78.0 Å². The zero-order valence-electron chi connectivity index (χ0n) is 18.2. The van der Waals surface area contributed by atoms with Crippen molar-refractivity contribution in [1.82, 2.24) is 19.7 Å². The fourth-order valence-corrected chi connectivity index (χ4v) is 4.98. The molecule has 0 bridgehead atoms. The van der Waals surface area contributed by atoms with Crippen molar-refractivity contribution in [2.45, 2.75) is 25.0 Å². The molecule has 0 unspecified atom stereocenters. The predicted octanol–water partition coefficient (Wildman–Crippen LogP) is 5.57. The van der Waals surface area contributed by atoms with Crippen LogP contribution in [0.3, 0.4) is 0 Å². The van der Waals surface area contributed by atoms with Gasteiger partial charge in [0.15, 0.2) is 11.0 Å². The number of halogens is 1. The van der Waals surface area contributed by atoms with Gasteiger partial charge in [-0.1, -0.05) is 65.3 Å². The maximum Gasteiger partial charge on any atom is 0.233 e. The number of amides is 1. The molecule has 1 amide bonds. The van der Waals surface area contributed by atoms with Crippen LogP contribution < -0.4 is 0 Å². The summed E-state index contributed by atoms with van der Waals surface area (Å²) in [5, 5.41) is 10.3. The third kappa shape index (κ3) is 4.68. The first kappa shape index (κ1) is 21.7. The van der Waals surface area contributed by atoms with Crippen LogP contribution in [-0.2, 0) is 17.8 Å². The van der Waals surface area contributed by atoms with Crippen LogP contribution in [0.1, 0.15) is 16.7 Å². The van der Waals surface area contributed by atoms with Crippen molar-refractivity contribution in [3.05, 3.63) is 94.5 Å². The van der Waals surface area contributed by atoms with Crippen molar-refractivity contribution < 1.29 is 4.79 Å². The molecule has 166 valence electrons. The van der Waals surface area contributed by atoms with Crippen LogP contribution in [0.5, 0.6) is 0 Å². The summed E-state index contributed by atoms with van der Waals surface area (Å²) in [7, 11) is 0. The van der Waals surface area contributed by atoms with E-state index in [-0.39, 0.29) is 5.91 Å². The molecule has 0 fully saturated rings. The molecule has 5 rings (SSSR count). The van der Waals surface area contributed by atoms with E-state index in [4.69, 9.17) is 11.6 Å². The molecule has 0 atom stereocenters. The highest BCUT2D eigenvalue weighted by Gasteiger charge is 2.22. The number of thioether (sulfide) groups is 1. The maximum atomic E-state index is 13.0. The van der Waals surface area contributed by atoms with E-state index in [0.29, 0.717) is 22.5 Å². The molecular formula is C26H23ClN4OS. The average Bonchev–Trinajstić information content (AvgIpc) is 3.27. The topological polar surface area (TPSA) is 51.0 Å². The summed E-state index contributed by atoms with van der Waals surface area (Å²) in [6.07, 6.45) is 0.896. The van der Waals surface area contributed by atoms with Gasteiger partial charge in [-0.3, -0.25) is 9.36 Å². The van der Waals surface area contributed by atoms with Gasteiger partial charge in [0, 0.05) is 29.4 Å². The highest BCUT2D eigenvalue weighted by atomic mass is 35.5. The molecule has 2 heterocycles. The first-order chi connectivity index (χ1) is 16.1. The van der Waals surface area contributed by atoms with E-state index in [0.717, 1.165) is 30.0 Å². The van der Waals surface area contributed by atoms with Gasteiger partial charge in [-0.05, 0) is 60.9 Å². The lowest BCUT2D eigenvalue weighted by molar-refractivity contribution is -0.129. The Bertz CT molecular complexity index is 1280. The van der Waals surface area contributed by atoms with E-state index in [2.05, 4.69) is 47.5 Å². The van der Waals surface area contributed by atoms with Crippen molar-refractivity contribution in [2.24, 2.45) is 0 Å². The number of aryl methyl sites for hydroxylation is 1. The van der Waals surface area contributed by atoms with E-state index in [9.17, 15) is 4.79 Å². The Morgan fingerprint density at radius 3 is 2.45 bits per heavy atom. The number of hydrogen-bond acceptors (Lipinski definition) is 4. The zero-order chi connectivity index (χ0) is 22.8. The number of rotatable bonds is 5. The maximum absolute atomic E-state index is 13.0. The van der Waals surface area contributed by atoms with Gasteiger partial charge in [-0.15, -0.1) is 10.2 Å². The first-order valence-electron chi connectivity index (χ1n) is 10.8. The van der Waals surface area contributed by atoms with Crippen molar-refractivity contribution in [3.63, 3.8) is 0 Å². The summed E-state index contributed by atoms with van der Waals surface area (Å²) in [5.74, 6) is 1.14. The number of fused-ring (bicyclic) bond motifs is 1. The Hall–Kier alpha value is -3.09. The highest BCUT2D eigenvalue weighted by molar-refractivity contribution is 7.99. The molecule has 0 radical (unpaired) electrons. The molecular weight excluding hydrogens is 452 g/mol. The van der Waals surface area contributed by atoms with Crippen LogP contribution in [-0.4, -0.2) is 37.9 Å². The number of benzene rings is 3. The van der Waals surface area contributed by atoms with Crippen LogP contribution in [0.2, 0.25) is 5.02 Å². The number of carbonyl (C=O) groups is 1. The summed E-state index contributed by atoms with van der Waals surface area (Å²) >= 11 is 7.50. The van der Waals surface area contributed by atoms with Crippen molar-refractivity contribution in [3.8, 4) is 17.1 Å². The molecule has 7 heteroatoms. The smallest absolute Gasteiger partial charge is 0.233 e. The Kier molecular flexibility index (Phi) is 6.20. The average molecular weight is 475 g/mol. The van der Waals surface area contributed by atoms with Gasteiger partial charge >= 0.3 is 0 Å². The molecule has 3 aromatic carbocycles. The van der Waals surface area contributed by atoms with Gasteiger partial charge in [0.05, 0.1) is 5.75 Å². The first-order valence-corrected chi connectivity index (χ1v) is 12.2. The SMILES string of the molecule is Cc1ccc(-n2c(SCC(=O)N3CCc4ccccc4C3)nnc2-c2ccc(Cl)cc2)cc1. The minimum Gasteiger partial charge on any atom is -0.337 e. The molecule has 0 aliphatic carbocycles. The monoisotopic (exact) mass is 474 g/mol. The summed E-state index contributed by atoms with van der Waals surface area (Å²) in [4.78, 5) is 15.0. The summed E-state index contributed by atoms with van der Waals surface area (Å²) in [6.45, 7) is 3.47. The molecule has 0 saturated carbocycles. The summed E-state index contributed by atoms with van der Waals surface area (Å²) in [5.41, 5.74) is 5.61. The molecule has 0 saturated heterocycles. The minimum absolute atomic E-state index is 0.112. The number of carbonyl (C=O) groups excluding carboxylic acids is 1. The third-order valence-corrected chi connectivity index (χ3v) is 7.00. The van der Waals surface area contributed by atoms with E-state index in [1.54, 1.807) is 0 Å². The molecule has 1 aliphatic heterocycles. The zero-order valence-corrected chi connectivity index (χ0v) is 19.8. The number of hydrogen-bond donors (Lipinski definition) is 0. The Morgan fingerprint density at radius 1 is 0.970 bits per heavy atom. The third-order valence-electron chi connectivity index (χ3n) is 5.84. The molecule has 1 aromatic heterocycles. The highest BCUT2D eigenvalue weighted by Crippen LogP contribution is 2.29. The molecule has 0 N–H and O–H groups in total. The summed E-state index contributed by atoms with van der Waals surface area (Å²) in [6, 6.07) is 24.1. The number of aromatic nitrogens is 3. The molecule has 4 aromatic rings.